The lowest BCUT2D eigenvalue weighted by molar-refractivity contribution is -0.132. The molecule has 2 atom stereocenters. The van der Waals surface area contributed by atoms with E-state index < -0.39 is 0 Å². The molecule has 1 aliphatic carbocycles. The molecule has 0 spiro atoms. The number of aliphatic hydroxyl groups is 1. The summed E-state index contributed by atoms with van der Waals surface area (Å²) < 4.78 is 0. The van der Waals surface area contributed by atoms with Crippen LogP contribution in [0.15, 0.2) is 12.7 Å². The van der Waals surface area contributed by atoms with E-state index in [2.05, 4.69) is 13.5 Å². The van der Waals surface area contributed by atoms with Crippen LogP contribution >= 0.6 is 0 Å². The Balaban J connectivity index is 2.43. The standard InChI is InChI=1S/C10H17NO2/c1-3-4-11(5-6-12)10(13)9-7-8(9)2/h3,8-9,12H,1,4-7H2,2H3. The van der Waals surface area contributed by atoms with Crippen LogP contribution in [0.2, 0.25) is 0 Å². The van der Waals surface area contributed by atoms with Crippen molar-refractivity contribution in [2.24, 2.45) is 11.8 Å². The van der Waals surface area contributed by atoms with E-state index in [-0.39, 0.29) is 18.4 Å². The molecule has 3 nitrogen and oxygen atoms in total. The van der Waals surface area contributed by atoms with Crippen LogP contribution in [0.3, 0.4) is 0 Å². The Morgan fingerprint density at radius 2 is 2.38 bits per heavy atom. The Bertz CT molecular complexity index is 203. The van der Waals surface area contributed by atoms with Crippen LogP contribution in [0.4, 0.5) is 0 Å². The summed E-state index contributed by atoms with van der Waals surface area (Å²) in [5.74, 6) is 0.895. The van der Waals surface area contributed by atoms with Crippen LogP contribution in [0.1, 0.15) is 13.3 Å². The first-order valence-corrected chi connectivity index (χ1v) is 4.71. The maximum Gasteiger partial charge on any atom is 0.226 e. The summed E-state index contributed by atoms with van der Waals surface area (Å²) in [6.07, 6.45) is 2.69. The molecule has 0 aliphatic heterocycles. The Morgan fingerprint density at radius 3 is 2.77 bits per heavy atom. The lowest BCUT2D eigenvalue weighted by Crippen LogP contribution is -2.35. The molecule has 1 aliphatic rings. The second-order valence-electron chi connectivity index (χ2n) is 3.62. The van der Waals surface area contributed by atoms with Gasteiger partial charge in [0.25, 0.3) is 0 Å². The molecule has 0 aromatic heterocycles. The Hall–Kier alpha value is -0.830. The summed E-state index contributed by atoms with van der Waals surface area (Å²) in [4.78, 5) is 13.3. The number of nitrogens with zero attached hydrogens (tertiary/aromatic N) is 1. The Morgan fingerprint density at radius 1 is 1.77 bits per heavy atom. The minimum atomic E-state index is 0.0285. The van der Waals surface area contributed by atoms with Crippen LogP contribution in [0.5, 0.6) is 0 Å². The van der Waals surface area contributed by atoms with Gasteiger partial charge in [0, 0.05) is 19.0 Å². The van der Waals surface area contributed by atoms with Gasteiger partial charge in [-0.2, -0.15) is 0 Å². The molecule has 0 heterocycles. The zero-order valence-electron chi connectivity index (χ0n) is 8.07. The summed E-state index contributed by atoms with van der Waals surface area (Å²) in [5, 5.41) is 8.75. The van der Waals surface area contributed by atoms with Gasteiger partial charge in [-0.05, 0) is 12.3 Å². The first kappa shape index (κ1) is 10.3. The fourth-order valence-corrected chi connectivity index (χ4v) is 1.47. The average molecular weight is 183 g/mol. The maximum atomic E-state index is 11.7. The molecule has 0 saturated heterocycles. The van der Waals surface area contributed by atoms with Crippen molar-refractivity contribution in [1.82, 2.24) is 4.90 Å². The average Bonchev–Trinajstić information content (AvgIpc) is 2.81. The van der Waals surface area contributed by atoms with Crippen LogP contribution < -0.4 is 0 Å². The van der Waals surface area contributed by atoms with Gasteiger partial charge in [-0.25, -0.2) is 0 Å². The van der Waals surface area contributed by atoms with Crippen molar-refractivity contribution < 1.29 is 9.90 Å². The first-order chi connectivity index (χ1) is 6.20. The number of hydrogen-bond acceptors (Lipinski definition) is 2. The fourth-order valence-electron chi connectivity index (χ4n) is 1.47. The molecule has 74 valence electrons. The molecule has 0 aromatic carbocycles. The molecule has 3 heteroatoms. The summed E-state index contributed by atoms with van der Waals surface area (Å²) in [7, 11) is 0. The third kappa shape index (κ3) is 2.56. The highest BCUT2D eigenvalue weighted by atomic mass is 16.3. The van der Waals surface area contributed by atoms with Crippen molar-refractivity contribution in [3.8, 4) is 0 Å². The van der Waals surface area contributed by atoms with E-state index in [4.69, 9.17) is 5.11 Å². The summed E-state index contributed by atoms with van der Waals surface area (Å²) in [6, 6.07) is 0. The van der Waals surface area contributed by atoms with Gasteiger partial charge in [-0.3, -0.25) is 4.79 Å². The molecule has 1 saturated carbocycles. The molecular formula is C10H17NO2. The maximum absolute atomic E-state index is 11.7. The van der Waals surface area contributed by atoms with Crippen molar-refractivity contribution in [3.63, 3.8) is 0 Å². The van der Waals surface area contributed by atoms with Gasteiger partial charge < -0.3 is 10.0 Å². The van der Waals surface area contributed by atoms with Crippen LogP contribution in [-0.2, 0) is 4.79 Å². The van der Waals surface area contributed by atoms with E-state index in [0.29, 0.717) is 19.0 Å². The van der Waals surface area contributed by atoms with E-state index in [1.807, 2.05) is 0 Å². The van der Waals surface area contributed by atoms with Gasteiger partial charge in [0.1, 0.15) is 0 Å². The minimum Gasteiger partial charge on any atom is -0.395 e. The van der Waals surface area contributed by atoms with Crippen molar-refractivity contribution in [3.05, 3.63) is 12.7 Å². The van der Waals surface area contributed by atoms with Gasteiger partial charge in [-0.15, -0.1) is 6.58 Å². The fraction of sp³-hybridized carbons (Fsp3) is 0.700. The summed E-state index contributed by atoms with van der Waals surface area (Å²) in [6.45, 7) is 6.66. The smallest absolute Gasteiger partial charge is 0.226 e. The number of hydrogen-bond donors (Lipinski definition) is 1. The van der Waals surface area contributed by atoms with Gasteiger partial charge in [0.15, 0.2) is 0 Å². The Kier molecular flexibility index (Phi) is 3.48. The number of carbonyl (C=O) groups is 1. The molecule has 2 unspecified atom stereocenters. The predicted molar refractivity (Wildman–Crippen MR) is 51.1 cm³/mol. The highest BCUT2D eigenvalue weighted by molar-refractivity contribution is 5.81. The van der Waals surface area contributed by atoms with Crippen LogP contribution in [-0.4, -0.2) is 35.6 Å². The van der Waals surface area contributed by atoms with Crippen LogP contribution in [0, 0.1) is 11.8 Å². The van der Waals surface area contributed by atoms with Crippen molar-refractivity contribution in [2.75, 3.05) is 19.7 Å². The Labute approximate surface area is 79.0 Å². The van der Waals surface area contributed by atoms with Crippen LogP contribution in [0.25, 0.3) is 0 Å². The van der Waals surface area contributed by atoms with Gasteiger partial charge >= 0.3 is 0 Å². The molecule has 1 rings (SSSR count). The largest absolute Gasteiger partial charge is 0.395 e. The first-order valence-electron chi connectivity index (χ1n) is 4.71. The van der Waals surface area contributed by atoms with Gasteiger partial charge in [-0.1, -0.05) is 13.0 Å². The molecule has 1 amide bonds. The summed E-state index contributed by atoms with van der Waals surface area (Å²) in [5.41, 5.74) is 0. The molecule has 0 aromatic rings. The molecule has 1 fully saturated rings. The van der Waals surface area contributed by atoms with E-state index in [1.165, 1.54) is 0 Å². The van der Waals surface area contributed by atoms with E-state index in [1.54, 1.807) is 11.0 Å². The molecule has 1 N–H and O–H groups in total. The van der Waals surface area contributed by atoms with Crippen molar-refractivity contribution in [2.45, 2.75) is 13.3 Å². The number of amides is 1. The molecule has 0 radical (unpaired) electrons. The van der Waals surface area contributed by atoms with Gasteiger partial charge in [0.2, 0.25) is 5.91 Å². The van der Waals surface area contributed by atoms with E-state index in [9.17, 15) is 4.79 Å². The SMILES string of the molecule is C=CCN(CCO)C(=O)C1CC1C. The number of rotatable bonds is 5. The van der Waals surface area contributed by atoms with E-state index >= 15 is 0 Å². The molecule has 13 heavy (non-hydrogen) atoms. The normalized spacial score (nSPS) is 25.4. The number of carbonyl (C=O) groups excluding carboxylic acids is 1. The zero-order chi connectivity index (χ0) is 9.84. The van der Waals surface area contributed by atoms with Gasteiger partial charge in [0.05, 0.1) is 6.61 Å². The lowest BCUT2D eigenvalue weighted by atomic mass is 10.3. The third-order valence-corrected chi connectivity index (χ3v) is 2.46. The third-order valence-electron chi connectivity index (χ3n) is 2.46. The number of aliphatic hydroxyl groups excluding tert-OH is 1. The topological polar surface area (TPSA) is 40.5 Å². The second-order valence-corrected chi connectivity index (χ2v) is 3.62. The highest BCUT2D eigenvalue weighted by Gasteiger charge is 2.40. The zero-order valence-corrected chi connectivity index (χ0v) is 8.07. The highest BCUT2D eigenvalue weighted by Crippen LogP contribution is 2.39. The predicted octanol–water partition coefficient (Wildman–Crippen LogP) is 0.649. The monoisotopic (exact) mass is 183 g/mol. The molecular weight excluding hydrogens is 166 g/mol. The quantitative estimate of drug-likeness (QED) is 0.636. The van der Waals surface area contributed by atoms with E-state index in [0.717, 1.165) is 6.42 Å². The van der Waals surface area contributed by atoms with Crippen molar-refractivity contribution in [1.29, 1.82) is 0 Å². The van der Waals surface area contributed by atoms with Crippen molar-refractivity contribution >= 4 is 5.91 Å². The second kappa shape index (κ2) is 4.42. The summed E-state index contributed by atoms with van der Waals surface area (Å²) >= 11 is 0. The minimum absolute atomic E-state index is 0.0285. The lowest BCUT2D eigenvalue weighted by Gasteiger charge is -2.19. The molecule has 0 bridgehead atoms.